The molecule has 12 nitrogen and oxygen atoms in total. The van der Waals surface area contributed by atoms with Crippen LogP contribution >= 0.6 is 0 Å². The molecule has 0 aromatic heterocycles. The zero-order chi connectivity index (χ0) is 34.4. The van der Waals surface area contributed by atoms with E-state index in [1.54, 1.807) is 19.1 Å². The van der Waals surface area contributed by atoms with Gasteiger partial charge in [-0.05, 0) is 69.6 Å². The van der Waals surface area contributed by atoms with E-state index in [9.17, 15) is 35.4 Å². The van der Waals surface area contributed by atoms with Crippen LogP contribution in [0.3, 0.4) is 0 Å². The Labute approximate surface area is 280 Å². The molecule has 48 heavy (non-hydrogen) atoms. The Morgan fingerprint density at radius 3 is 2.31 bits per heavy atom. The van der Waals surface area contributed by atoms with Gasteiger partial charge in [0.05, 0.1) is 31.5 Å². The molecule has 7 aliphatic rings. The maximum atomic E-state index is 13.5. The van der Waals surface area contributed by atoms with Crippen LogP contribution in [0.15, 0.2) is 18.2 Å². The molecule has 0 unspecified atom stereocenters. The van der Waals surface area contributed by atoms with Crippen molar-refractivity contribution < 1.29 is 54.4 Å². The molecule has 6 N–H and O–H groups in total. The predicted molar refractivity (Wildman–Crippen MR) is 169 cm³/mol. The van der Waals surface area contributed by atoms with Gasteiger partial charge < -0.3 is 49.6 Å². The minimum absolute atomic E-state index is 0.101. The Morgan fingerprint density at radius 1 is 0.896 bits per heavy atom. The monoisotopic (exact) mass is 673 g/mol. The molecule has 266 valence electrons. The van der Waals surface area contributed by atoms with E-state index in [1.165, 1.54) is 20.3 Å². The Hall–Kier alpha value is -2.03. The van der Waals surface area contributed by atoms with E-state index in [1.807, 2.05) is 6.92 Å². The highest BCUT2D eigenvalue weighted by Gasteiger charge is 2.88. The lowest BCUT2D eigenvalue weighted by Gasteiger charge is -2.68. The number of fused-ring (bicyclic) bond motifs is 5. The minimum atomic E-state index is -2.10. The minimum Gasteiger partial charge on any atom is -0.493 e. The van der Waals surface area contributed by atoms with E-state index < -0.39 is 81.2 Å². The van der Waals surface area contributed by atoms with Crippen LogP contribution in [0.5, 0.6) is 11.5 Å². The average Bonchev–Trinajstić information content (AvgIpc) is 3.21. The van der Waals surface area contributed by atoms with Gasteiger partial charge in [0.1, 0.15) is 22.4 Å². The van der Waals surface area contributed by atoms with Crippen LogP contribution in [-0.4, -0.2) is 121 Å². The molecule has 3 heterocycles. The first-order chi connectivity index (χ1) is 22.5. The lowest BCUT2D eigenvalue weighted by molar-refractivity contribution is -0.354. The van der Waals surface area contributed by atoms with Gasteiger partial charge in [-0.3, -0.25) is 4.90 Å². The van der Waals surface area contributed by atoms with Gasteiger partial charge >= 0.3 is 5.97 Å². The summed E-state index contributed by atoms with van der Waals surface area (Å²) in [5.41, 5.74) is -9.44. The van der Waals surface area contributed by atoms with Crippen LogP contribution in [0.25, 0.3) is 0 Å². The summed E-state index contributed by atoms with van der Waals surface area (Å²) in [4.78, 5) is 15.6. The predicted octanol–water partition coefficient (Wildman–Crippen LogP) is 1.36. The number of aliphatic hydroxyl groups is 6. The molecule has 1 aromatic carbocycles. The molecule has 8 rings (SSSR count). The highest BCUT2D eigenvalue weighted by molar-refractivity contribution is 5.90. The van der Waals surface area contributed by atoms with E-state index in [-0.39, 0.29) is 24.9 Å². The van der Waals surface area contributed by atoms with E-state index >= 15 is 0 Å². The van der Waals surface area contributed by atoms with Crippen LogP contribution in [0.2, 0.25) is 0 Å². The lowest BCUT2D eigenvalue weighted by Crippen LogP contribution is -2.85. The second-order valence-corrected chi connectivity index (χ2v) is 16.8. The highest BCUT2D eigenvalue weighted by atomic mass is 16.7. The first-order valence-corrected chi connectivity index (χ1v) is 17.6. The topological polar surface area (TPSA) is 179 Å². The number of hydrogen-bond acceptors (Lipinski definition) is 12. The number of hydrogen-bond donors (Lipinski definition) is 6. The third-order valence-electron chi connectivity index (χ3n) is 14.9. The number of esters is 1. The number of methoxy groups -OCH3 is 2. The van der Waals surface area contributed by atoms with Gasteiger partial charge in [-0.25, -0.2) is 4.79 Å². The van der Waals surface area contributed by atoms with Gasteiger partial charge in [-0.1, -0.05) is 13.8 Å². The summed E-state index contributed by atoms with van der Waals surface area (Å²) in [6.07, 6.45) is 0.172. The normalized spacial score (nSPS) is 53.6. The quantitative estimate of drug-likeness (QED) is 0.253. The van der Waals surface area contributed by atoms with Crippen molar-refractivity contribution in [1.29, 1.82) is 0 Å². The van der Waals surface area contributed by atoms with E-state index in [0.29, 0.717) is 56.1 Å². The van der Waals surface area contributed by atoms with Gasteiger partial charge in [0, 0.05) is 55.1 Å². The second kappa shape index (κ2) is 10.1. The summed E-state index contributed by atoms with van der Waals surface area (Å²) >= 11 is 0. The fraction of sp³-hybridized carbons (Fsp3) is 0.806. The molecule has 3 aliphatic heterocycles. The van der Waals surface area contributed by atoms with Crippen LogP contribution in [0.1, 0.15) is 82.5 Å². The molecule has 3 saturated heterocycles. The highest BCUT2D eigenvalue weighted by Crippen LogP contribution is 2.78. The fourth-order valence-electron chi connectivity index (χ4n) is 12.6. The van der Waals surface area contributed by atoms with Gasteiger partial charge in [0.25, 0.3) is 0 Å². The zero-order valence-electron chi connectivity index (χ0n) is 28.5. The Balaban J connectivity index is 1.16. The van der Waals surface area contributed by atoms with Crippen molar-refractivity contribution in [3.05, 3.63) is 23.8 Å². The number of ether oxygens (including phenoxy) is 4. The van der Waals surface area contributed by atoms with Gasteiger partial charge in [0.2, 0.25) is 5.79 Å². The standard InChI is InChI=1S/C36H51NO11/c1-19-6-11-26-31(3,40)35(43)25(17-37(26)16-19)33(42)18-34-24(32(33,41)15-27(35)38)10-9-23-30(34,2)13-12-28(36(23,44)48-34)47-29(39)20-7-8-21(45-4)22(14-20)46-5/h7-8,14,19,23-28,38,40-44H,6,9-13,15-18H2,1-5H3/t19-,23-,24-,25-,26-,27+,28-,30+,31+,32-,33-,34+,35-,36-/m1/s1. The number of nitrogens with zero attached hydrogens (tertiary/aromatic N) is 1. The van der Waals surface area contributed by atoms with Gasteiger partial charge in [-0.2, -0.15) is 0 Å². The first kappa shape index (κ1) is 33.1. The van der Waals surface area contributed by atoms with Crippen molar-refractivity contribution in [3.63, 3.8) is 0 Å². The van der Waals surface area contributed by atoms with Crippen molar-refractivity contribution in [2.75, 3.05) is 27.3 Å². The third kappa shape index (κ3) is 3.66. The Kier molecular flexibility index (Phi) is 6.94. The Morgan fingerprint density at radius 2 is 1.60 bits per heavy atom. The number of carbonyl (C=O) groups excluding carboxylic acids is 1. The largest absolute Gasteiger partial charge is 0.493 e. The molecular weight excluding hydrogens is 622 g/mol. The smallest absolute Gasteiger partial charge is 0.338 e. The van der Waals surface area contributed by atoms with Gasteiger partial charge in [0.15, 0.2) is 17.6 Å². The van der Waals surface area contributed by atoms with Gasteiger partial charge in [-0.15, -0.1) is 0 Å². The molecular formula is C36H51NO11. The molecule has 1 aromatic rings. The molecule has 14 atom stereocenters. The third-order valence-corrected chi connectivity index (χ3v) is 14.9. The van der Waals surface area contributed by atoms with Crippen molar-refractivity contribution in [3.8, 4) is 11.5 Å². The number of benzene rings is 1. The summed E-state index contributed by atoms with van der Waals surface area (Å²) in [5.74, 6) is -3.63. The molecule has 4 saturated carbocycles. The summed E-state index contributed by atoms with van der Waals surface area (Å²) in [6.45, 7) is 6.57. The molecule has 0 radical (unpaired) electrons. The molecule has 4 aliphatic carbocycles. The van der Waals surface area contributed by atoms with Crippen molar-refractivity contribution in [2.24, 2.45) is 29.1 Å². The van der Waals surface area contributed by atoms with E-state index in [4.69, 9.17) is 18.9 Å². The molecule has 7 fully saturated rings. The van der Waals surface area contributed by atoms with Crippen LogP contribution in [0.4, 0.5) is 0 Å². The summed E-state index contributed by atoms with van der Waals surface area (Å²) in [7, 11) is 2.97. The van der Waals surface area contributed by atoms with Crippen LogP contribution in [-0.2, 0) is 9.47 Å². The average molecular weight is 674 g/mol. The number of aliphatic hydroxyl groups excluding tert-OH is 1. The molecule has 4 bridgehead atoms. The van der Waals surface area contributed by atoms with Crippen LogP contribution < -0.4 is 9.47 Å². The molecule has 1 spiro atoms. The number of rotatable bonds is 4. The number of carbonyl (C=O) groups is 1. The Bertz CT molecular complexity index is 1520. The van der Waals surface area contributed by atoms with Crippen molar-refractivity contribution in [2.45, 2.75) is 124 Å². The van der Waals surface area contributed by atoms with Crippen molar-refractivity contribution in [1.82, 2.24) is 4.90 Å². The van der Waals surface area contributed by atoms with E-state index in [0.717, 1.165) is 6.42 Å². The first-order valence-electron chi connectivity index (χ1n) is 17.6. The maximum absolute atomic E-state index is 13.5. The fourth-order valence-corrected chi connectivity index (χ4v) is 12.6. The van der Waals surface area contributed by atoms with Crippen molar-refractivity contribution >= 4 is 5.97 Å². The summed E-state index contributed by atoms with van der Waals surface area (Å²) in [6, 6.07) is 4.28. The van der Waals surface area contributed by atoms with Crippen LogP contribution in [0, 0.1) is 29.1 Å². The second-order valence-electron chi connectivity index (χ2n) is 16.8. The molecule has 0 amide bonds. The van der Waals surface area contributed by atoms with E-state index in [2.05, 4.69) is 11.8 Å². The molecule has 12 heteroatoms. The lowest BCUT2D eigenvalue weighted by atomic mass is 9.49. The summed E-state index contributed by atoms with van der Waals surface area (Å²) in [5, 5.41) is 74.7. The zero-order valence-corrected chi connectivity index (χ0v) is 28.5. The number of piperidine rings is 2. The maximum Gasteiger partial charge on any atom is 0.338 e. The SMILES string of the molecule is COc1ccc(C(=O)O[C@@H]2CC[C@@]3(C)[C@H]4CC[C@@H]5[C@]6(O)C[C@H](O)[C@]7(O)[C@H](CN8C[C@H](C)CC[C@@H]8[C@]7(C)O)[C@]6(O)C[C@]53O[C@@]24O)cc1OC. The summed E-state index contributed by atoms with van der Waals surface area (Å²) < 4.78 is 23.5.